The Bertz CT molecular complexity index is 510. The van der Waals surface area contributed by atoms with Crippen molar-refractivity contribution in [2.24, 2.45) is 0 Å². The van der Waals surface area contributed by atoms with Crippen LogP contribution in [0.15, 0.2) is 24.8 Å². The minimum Gasteiger partial charge on any atom is -0.293 e. The molecule has 0 aromatic carbocycles. The first kappa shape index (κ1) is 13.1. The second-order valence-corrected chi connectivity index (χ2v) is 6.74. The van der Waals surface area contributed by atoms with Crippen molar-refractivity contribution in [2.75, 3.05) is 6.54 Å². The fourth-order valence-electron chi connectivity index (χ4n) is 2.65. The molecule has 19 heavy (non-hydrogen) atoms. The number of hydrogen-bond acceptors (Lipinski definition) is 4. The zero-order chi connectivity index (χ0) is 13.1. The predicted molar refractivity (Wildman–Crippen MR) is 77.4 cm³/mol. The summed E-state index contributed by atoms with van der Waals surface area (Å²) in [6.07, 6.45) is 7.23. The molecule has 1 saturated heterocycles. The zero-order valence-electron chi connectivity index (χ0n) is 10.7. The Morgan fingerprint density at radius 1 is 1.37 bits per heavy atom. The topological polar surface area (TPSA) is 34.0 Å². The van der Waals surface area contributed by atoms with Crippen molar-refractivity contribution in [2.45, 2.75) is 38.4 Å². The molecule has 0 amide bonds. The van der Waals surface area contributed by atoms with E-state index in [1.54, 1.807) is 24.0 Å². The standard InChI is InChI=1S/C13H17ClN4S/c14-13-5-4-12(19-13)8-17-6-2-1-3-11(17)7-18-10-15-9-16-18/h4-5,9-11H,1-3,6-8H2. The molecule has 2 aromatic heterocycles. The first-order chi connectivity index (χ1) is 9.31. The van der Waals surface area contributed by atoms with E-state index in [1.165, 1.54) is 24.1 Å². The molecule has 4 nitrogen and oxygen atoms in total. The van der Waals surface area contributed by atoms with Crippen molar-refractivity contribution in [3.63, 3.8) is 0 Å². The van der Waals surface area contributed by atoms with Crippen LogP contribution in [-0.2, 0) is 13.1 Å². The van der Waals surface area contributed by atoms with Crippen LogP contribution in [0.2, 0.25) is 4.34 Å². The Morgan fingerprint density at radius 3 is 3.05 bits per heavy atom. The molecule has 3 heterocycles. The van der Waals surface area contributed by atoms with E-state index in [2.05, 4.69) is 21.0 Å². The number of rotatable bonds is 4. The Kier molecular flexibility index (Phi) is 4.15. The molecule has 0 bridgehead atoms. The van der Waals surface area contributed by atoms with Gasteiger partial charge in [-0.25, -0.2) is 4.98 Å². The average Bonchev–Trinajstić information content (AvgIpc) is 3.04. The molecule has 3 rings (SSSR count). The van der Waals surface area contributed by atoms with E-state index >= 15 is 0 Å². The predicted octanol–water partition coefficient (Wildman–Crippen LogP) is 3.05. The van der Waals surface area contributed by atoms with Gasteiger partial charge in [-0.2, -0.15) is 5.10 Å². The molecule has 2 aromatic rings. The Morgan fingerprint density at radius 2 is 2.32 bits per heavy atom. The highest BCUT2D eigenvalue weighted by molar-refractivity contribution is 7.16. The van der Waals surface area contributed by atoms with Gasteiger partial charge in [0.05, 0.1) is 10.9 Å². The summed E-state index contributed by atoms with van der Waals surface area (Å²) in [4.78, 5) is 7.91. The normalized spacial score (nSPS) is 20.8. The average molecular weight is 297 g/mol. The van der Waals surface area contributed by atoms with Crippen LogP contribution in [0.4, 0.5) is 0 Å². The van der Waals surface area contributed by atoms with Gasteiger partial charge in [-0.1, -0.05) is 18.0 Å². The quantitative estimate of drug-likeness (QED) is 0.869. The smallest absolute Gasteiger partial charge is 0.137 e. The first-order valence-corrected chi connectivity index (χ1v) is 7.81. The first-order valence-electron chi connectivity index (χ1n) is 6.62. The summed E-state index contributed by atoms with van der Waals surface area (Å²) in [5, 5.41) is 4.22. The van der Waals surface area contributed by atoms with Gasteiger partial charge in [-0.3, -0.25) is 9.58 Å². The molecule has 1 unspecified atom stereocenters. The lowest BCUT2D eigenvalue weighted by molar-refractivity contribution is 0.123. The lowest BCUT2D eigenvalue weighted by Crippen LogP contribution is -2.41. The number of thiophene rings is 1. The number of likely N-dealkylation sites (tertiary alicyclic amines) is 1. The highest BCUT2D eigenvalue weighted by atomic mass is 35.5. The molecule has 0 aliphatic carbocycles. The molecule has 0 saturated carbocycles. The highest BCUT2D eigenvalue weighted by Gasteiger charge is 2.23. The van der Waals surface area contributed by atoms with Crippen LogP contribution in [0, 0.1) is 0 Å². The summed E-state index contributed by atoms with van der Waals surface area (Å²) in [6, 6.07) is 4.67. The highest BCUT2D eigenvalue weighted by Crippen LogP contribution is 2.26. The van der Waals surface area contributed by atoms with Crippen molar-refractivity contribution in [1.29, 1.82) is 0 Å². The van der Waals surface area contributed by atoms with Crippen molar-refractivity contribution in [1.82, 2.24) is 19.7 Å². The molecule has 0 spiro atoms. The third-order valence-electron chi connectivity index (χ3n) is 3.60. The molecule has 1 aliphatic heterocycles. The van der Waals surface area contributed by atoms with E-state index in [9.17, 15) is 0 Å². The lowest BCUT2D eigenvalue weighted by Gasteiger charge is -2.35. The maximum Gasteiger partial charge on any atom is 0.137 e. The molecule has 1 atom stereocenters. The molecular weight excluding hydrogens is 280 g/mol. The third-order valence-corrected chi connectivity index (χ3v) is 4.82. The summed E-state index contributed by atoms with van der Waals surface area (Å²) in [5.41, 5.74) is 0. The summed E-state index contributed by atoms with van der Waals surface area (Å²) >= 11 is 7.69. The van der Waals surface area contributed by atoms with Crippen molar-refractivity contribution >= 4 is 22.9 Å². The molecule has 102 valence electrons. The summed E-state index contributed by atoms with van der Waals surface area (Å²) in [5.74, 6) is 0. The van der Waals surface area contributed by atoms with E-state index in [-0.39, 0.29) is 0 Å². The van der Waals surface area contributed by atoms with Crippen LogP contribution in [0.1, 0.15) is 24.1 Å². The maximum atomic E-state index is 6.01. The summed E-state index contributed by atoms with van der Waals surface area (Å²) < 4.78 is 2.81. The monoisotopic (exact) mass is 296 g/mol. The number of halogens is 1. The Hall–Kier alpha value is -0.910. The van der Waals surface area contributed by atoms with Crippen LogP contribution in [0.3, 0.4) is 0 Å². The van der Waals surface area contributed by atoms with Gasteiger partial charge in [0.15, 0.2) is 0 Å². The van der Waals surface area contributed by atoms with Gasteiger partial charge < -0.3 is 0 Å². The molecular formula is C13H17ClN4S. The van der Waals surface area contributed by atoms with Gasteiger partial charge in [0.2, 0.25) is 0 Å². The van der Waals surface area contributed by atoms with Crippen molar-refractivity contribution < 1.29 is 0 Å². The van der Waals surface area contributed by atoms with Gasteiger partial charge in [0.1, 0.15) is 12.7 Å². The van der Waals surface area contributed by atoms with Crippen LogP contribution in [-0.4, -0.2) is 32.3 Å². The minimum absolute atomic E-state index is 0.552. The van der Waals surface area contributed by atoms with E-state index in [1.807, 2.05) is 10.7 Å². The van der Waals surface area contributed by atoms with E-state index in [0.717, 1.165) is 24.0 Å². The molecule has 6 heteroatoms. The van der Waals surface area contributed by atoms with E-state index < -0.39 is 0 Å². The molecule has 1 aliphatic rings. The van der Waals surface area contributed by atoms with Crippen LogP contribution in [0.25, 0.3) is 0 Å². The third kappa shape index (κ3) is 3.35. The van der Waals surface area contributed by atoms with Crippen LogP contribution in [0.5, 0.6) is 0 Å². The Labute approximate surface area is 122 Å². The molecule has 1 fully saturated rings. The molecule has 0 N–H and O–H groups in total. The number of hydrogen-bond donors (Lipinski definition) is 0. The second-order valence-electron chi connectivity index (χ2n) is 4.94. The Balaban J connectivity index is 1.66. The minimum atomic E-state index is 0.552. The number of piperidine rings is 1. The zero-order valence-corrected chi connectivity index (χ0v) is 12.3. The van der Waals surface area contributed by atoms with Gasteiger partial charge in [-0.15, -0.1) is 11.3 Å². The van der Waals surface area contributed by atoms with Crippen LogP contribution >= 0.6 is 22.9 Å². The van der Waals surface area contributed by atoms with E-state index in [4.69, 9.17) is 11.6 Å². The summed E-state index contributed by atoms with van der Waals surface area (Å²) in [6.45, 7) is 3.09. The van der Waals surface area contributed by atoms with Gasteiger partial charge in [0.25, 0.3) is 0 Å². The lowest BCUT2D eigenvalue weighted by atomic mass is 10.0. The summed E-state index contributed by atoms with van der Waals surface area (Å²) in [7, 11) is 0. The van der Waals surface area contributed by atoms with Gasteiger partial charge in [-0.05, 0) is 31.5 Å². The van der Waals surface area contributed by atoms with Crippen molar-refractivity contribution in [3.8, 4) is 0 Å². The number of aromatic nitrogens is 3. The van der Waals surface area contributed by atoms with Gasteiger partial charge >= 0.3 is 0 Å². The fourth-order valence-corrected chi connectivity index (χ4v) is 3.77. The van der Waals surface area contributed by atoms with E-state index in [0.29, 0.717) is 6.04 Å². The van der Waals surface area contributed by atoms with Crippen LogP contribution < -0.4 is 0 Å². The van der Waals surface area contributed by atoms with Crippen molar-refractivity contribution in [3.05, 3.63) is 34.0 Å². The number of nitrogens with zero attached hydrogens (tertiary/aromatic N) is 4. The SMILES string of the molecule is Clc1ccc(CN2CCCCC2Cn2cncn2)s1. The largest absolute Gasteiger partial charge is 0.293 e. The van der Waals surface area contributed by atoms with Gasteiger partial charge in [0, 0.05) is 17.5 Å². The fraction of sp³-hybridized carbons (Fsp3) is 0.538. The second kappa shape index (κ2) is 6.03. The molecule has 0 radical (unpaired) electrons. The maximum absolute atomic E-state index is 6.01.